The Morgan fingerprint density at radius 3 is 2.10 bits per heavy atom. The van der Waals surface area contributed by atoms with E-state index in [0.29, 0.717) is 17.4 Å². The second kappa shape index (κ2) is 5.57. The second-order valence-electron chi connectivity index (χ2n) is 8.73. The molecule has 2 rings (SSSR count). The summed E-state index contributed by atoms with van der Waals surface area (Å²) in [5, 5.41) is 0. The summed E-state index contributed by atoms with van der Waals surface area (Å²) in [5.74, 6) is 1.75. The molecule has 0 bridgehead atoms. The fraction of sp³-hybridized carbons (Fsp3) is 0.944. The molecular weight excluding hydrogens is 260 g/mol. The molecule has 21 heavy (non-hydrogen) atoms. The maximum absolute atomic E-state index is 12.4. The van der Waals surface area contributed by atoms with Crippen molar-refractivity contribution in [2.75, 3.05) is 27.2 Å². The first-order valence-electron chi connectivity index (χ1n) is 8.53. The Morgan fingerprint density at radius 1 is 1.10 bits per heavy atom. The van der Waals surface area contributed by atoms with Gasteiger partial charge < -0.3 is 4.90 Å². The van der Waals surface area contributed by atoms with Crippen molar-refractivity contribution in [3.8, 4) is 0 Å². The molecule has 3 heteroatoms. The maximum Gasteiger partial charge on any atom is 0.228 e. The molecule has 1 heterocycles. The van der Waals surface area contributed by atoms with E-state index in [1.807, 2.05) is 14.1 Å². The lowest BCUT2D eigenvalue weighted by Gasteiger charge is -2.49. The molecule has 2 fully saturated rings. The van der Waals surface area contributed by atoms with Crippen molar-refractivity contribution in [1.29, 1.82) is 0 Å². The van der Waals surface area contributed by atoms with Gasteiger partial charge in [0.25, 0.3) is 0 Å². The molecule has 1 amide bonds. The Morgan fingerprint density at radius 2 is 1.62 bits per heavy atom. The number of likely N-dealkylation sites (tertiary alicyclic amines) is 1. The van der Waals surface area contributed by atoms with Gasteiger partial charge in [-0.05, 0) is 36.5 Å². The van der Waals surface area contributed by atoms with Crippen LogP contribution in [0.4, 0.5) is 0 Å². The van der Waals surface area contributed by atoms with Gasteiger partial charge in [-0.15, -0.1) is 0 Å². The molecule has 0 radical (unpaired) electrons. The fourth-order valence-corrected chi connectivity index (χ4v) is 4.29. The average Bonchev–Trinajstić information content (AvgIpc) is 2.79. The highest BCUT2D eigenvalue weighted by Gasteiger charge is 2.47. The molecule has 0 aromatic heterocycles. The summed E-state index contributed by atoms with van der Waals surface area (Å²) < 4.78 is 0. The highest BCUT2D eigenvalue weighted by molar-refractivity contribution is 5.82. The summed E-state index contributed by atoms with van der Waals surface area (Å²) in [4.78, 5) is 16.9. The first kappa shape index (κ1) is 16.8. The molecule has 0 spiro atoms. The molecule has 0 aromatic rings. The summed E-state index contributed by atoms with van der Waals surface area (Å²) in [7, 11) is 3.77. The zero-order chi connectivity index (χ0) is 16.0. The number of carbonyl (C=O) groups excluding carboxylic acids is 1. The van der Waals surface area contributed by atoms with E-state index in [-0.39, 0.29) is 5.41 Å². The molecule has 1 aliphatic carbocycles. The van der Waals surface area contributed by atoms with Crippen LogP contribution in [-0.2, 0) is 4.79 Å². The van der Waals surface area contributed by atoms with E-state index in [1.165, 1.54) is 19.5 Å². The summed E-state index contributed by atoms with van der Waals surface area (Å²) in [6.07, 6.45) is 3.25. The number of hydrogen-bond acceptors (Lipinski definition) is 2. The van der Waals surface area contributed by atoms with Gasteiger partial charge in [-0.2, -0.15) is 0 Å². The van der Waals surface area contributed by atoms with Crippen LogP contribution in [0.5, 0.6) is 0 Å². The maximum atomic E-state index is 12.4. The second-order valence-corrected chi connectivity index (χ2v) is 8.73. The van der Waals surface area contributed by atoms with E-state index in [0.717, 1.165) is 24.7 Å². The number of hydrogen-bond donors (Lipinski definition) is 0. The molecule has 122 valence electrons. The fourth-order valence-electron chi connectivity index (χ4n) is 4.29. The van der Waals surface area contributed by atoms with Crippen molar-refractivity contribution < 1.29 is 4.79 Å². The van der Waals surface area contributed by atoms with E-state index in [4.69, 9.17) is 0 Å². The largest absolute Gasteiger partial charge is 0.348 e. The minimum Gasteiger partial charge on any atom is -0.348 e. The van der Waals surface area contributed by atoms with Crippen molar-refractivity contribution in [3.63, 3.8) is 0 Å². The SMILES string of the molecule is CC1CN(C2CCC(C)(C(=O)N(C)C)C2)CC(C)C1(C)C. The zero-order valence-corrected chi connectivity index (χ0v) is 15.1. The highest BCUT2D eigenvalue weighted by atomic mass is 16.2. The lowest BCUT2D eigenvalue weighted by molar-refractivity contribution is -0.138. The Balaban J connectivity index is 2.04. The van der Waals surface area contributed by atoms with Gasteiger partial charge in [0, 0.05) is 38.6 Å². The first-order valence-corrected chi connectivity index (χ1v) is 8.53. The third kappa shape index (κ3) is 2.99. The number of rotatable bonds is 2. The normalized spacial score (nSPS) is 40.2. The topological polar surface area (TPSA) is 23.6 Å². The van der Waals surface area contributed by atoms with Crippen molar-refractivity contribution >= 4 is 5.91 Å². The Hall–Kier alpha value is -0.570. The van der Waals surface area contributed by atoms with E-state index in [1.54, 1.807) is 4.90 Å². The lowest BCUT2D eigenvalue weighted by Crippen LogP contribution is -2.52. The van der Waals surface area contributed by atoms with Gasteiger partial charge in [0.2, 0.25) is 5.91 Å². The van der Waals surface area contributed by atoms with Crippen LogP contribution in [0.15, 0.2) is 0 Å². The van der Waals surface area contributed by atoms with Gasteiger partial charge in [-0.1, -0.05) is 34.6 Å². The quantitative estimate of drug-likeness (QED) is 0.780. The van der Waals surface area contributed by atoms with E-state index in [2.05, 4.69) is 39.5 Å². The third-order valence-electron chi connectivity index (χ3n) is 6.71. The van der Waals surface area contributed by atoms with Crippen molar-refractivity contribution in [3.05, 3.63) is 0 Å². The van der Waals surface area contributed by atoms with E-state index < -0.39 is 0 Å². The molecule has 0 aromatic carbocycles. The monoisotopic (exact) mass is 294 g/mol. The number of amides is 1. The van der Waals surface area contributed by atoms with Gasteiger partial charge in [0.15, 0.2) is 0 Å². The zero-order valence-electron chi connectivity index (χ0n) is 15.1. The Kier molecular flexibility index (Phi) is 4.45. The number of carbonyl (C=O) groups is 1. The molecule has 3 nitrogen and oxygen atoms in total. The Bertz CT molecular complexity index is 390. The van der Waals surface area contributed by atoms with Gasteiger partial charge in [-0.3, -0.25) is 9.69 Å². The minimum atomic E-state index is -0.145. The summed E-state index contributed by atoms with van der Waals surface area (Å²) >= 11 is 0. The van der Waals surface area contributed by atoms with Crippen LogP contribution in [0.2, 0.25) is 0 Å². The number of nitrogens with zero attached hydrogens (tertiary/aromatic N) is 2. The minimum absolute atomic E-state index is 0.145. The Labute approximate surface area is 131 Å². The third-order valence-corrected chi connectivity index (χ3v) is 6.71. The summed E-state index contributed by atoms with van der Waals surface area (Å²) in [6.45, 7) is 14.1. The van der Waals surface area contributed by atoms with Gasteiger partial charge in [0.05, 0.1) is 0 Å². The number of piperidine rings is 1. The molecule has 1 saturated carbocycles. The van der Waals surface area contributed by atoms with Gasteiger partial charge in [-0.25, -0.2) is 0 Å². The summed E-state index contributed by atoms with van der Waals surface area (Å²) in [6, 6.07) is 0.597. The predicted molar refractivity (Wildman–Crippen MR) is 88.1 cm³/mol. The van der Waals surface area contributed by atoms with Gasteiger partial charge in [0.1, 0.15) is 0 Å². The van der Waals surface area contributed by atoms with Crippen molar-refractivity contribution in [2.24, 2.45) is 22.7 Å². The molecule has 4 unspecified atom stereocenters. The molecular formula is C18H34N2O. The van der Waals surface area contributed by atoms with E-state index >= 15 is 0 Å². The molecule has 4 atom stereocenters. The molecule has 1 aliphatic heterocycles. The highest BCUT2D eigenvalue weighted by Crippen LogP contribution is 2.45. The molecule has 0 N–H and O–H groups in total. The van der Waals surface area contributed by atoms with Crippen LogP contribution in [0.25, 0.3) is 0 Å². The van der Waals surface area contributed by atoms with Gasteiger partial charge >= 0.3 is 0 Å². The van der Waals surface area contributed by atoms with Crippen LogP contribution in [0.3, 0.4) is 0 Å². The van der Waals surface area contributed by atoms with E-state index in [9.17, 15) is 4.79 Å². The van der Waals surface area contributed by atoms with Crippen LogP contribution < -0.4 is 0 Å². The van der Waals surface area contributed by atoms with Crippen LogP contribution in [0.1, 0.15) is 53.9 Å². The standard InChI is InChI=1S/C18H34N2O/c1-13-11-20(12-14(2)17(13,3)4)15-8-9-18(5,10-15)16(21)19(6)7/h13-15H,8-12H2,1-7H3. The van der Waals surface area contributed by atoms with Crippen molar-refractivity contribution in [2.45, 2.75) is 59.9 Å². The van der Waals surface area contributed by atoms with Crippen LogP contribution >= 0.6 is 0 Å². The first-order chi connectivity index (χ1) is 9.58. The van der Waals surface area contributed by atoms with Crippen LogP contribution in [-0.4, -0.2) is 48.9 Å². The summed E-state index contributed by atoms with van der Waals surface area (Å²) in [5.41, 5.74) is 0.283. The van der Waals surface area contributed by atoms with Crippen molar-refractivity contribution in [1.82, 2.24) is 9.80 Å². The predicted octanol–water partition coefficient (Wildman–Crippen LogP) is 3.25. The molecule has 2 aliphatic rings. The smallest absolute Gasteiger partial charge is 0.228 e. The lowest BCUT2D eigenvalue weighted by atomic mass is 9.67. The average molecular weight is 294 g/mol. The molecule has 1 saturated heterocycles. The van der Waals surface area contributed by atoms with Crippen LogP contribution in [0, 0.1) is 22.7 Å².